The first-order valence-corrected chi connectivity index (χ1v) is 27.7. The van der Waals surface area contributed by atoms with Crippen LogP contribution in [0.1, 0.15) is 98.5 Å². The summed E-state index contributed by atoms with van der Waals surface area (Å²) < 4.78 is 4.62. The van der Waals surface area contributed by atoms with Crippen molar-refractivity contribution in [2.24, 2.45) is 11.8 Å². The first-order valence-electron chi connectivity index (χ1n) is 18.4. The number of benzene rings is 4. The van der Waals surface area contributed by atoms with Crippen LogP contribution in [0.25, 0.3) is 34.4 Å². The Labute approximate surface area is 305 Å². The molecule has 0 amide bonds. The first kappa shape index (κ1) is 34.3. The quantitative estimate of drug-likeness (QED) is 0.170. The van der Waals surface area contributed by atoms with E-state index in [9.17, 15) is 0 Å². The largest absolute Gasteiger partial charge is 0.147 e. The molecule has 2 saturated carbocycles. The van der Waals surface area contributed by atoms with Crippen LogP contribution in [0.2, 0.25) is 8.35 Å². The van der Waals surface area contributed by atoms with Gasteiger partial charge in [-0.2, -0.15) is 0 Å². The summed E-state index contributed by atoms with van der Waals surface area (Å²) in [5.74, 6) is 1.58. The molecular weight excluding hydrogens is 790 g/mol. The molecule has 4 aromatic rings. The second kappa shape index (κ2) is 13.8. The Bertz CT molecular complexity index is 1720. The van der Waals surface area contributed by atoms with E-state index in [1.165, 1.54) is 91.2 Å². The number of fused-ring (bicyclic) bond motifs is 2. The van der Waals surface area contributed by atoms with Gasteiger partial charge in [0.25, 0.3) is 0 Å². The number of hydrogen-bond donors (Lipinski definition) is 0. The topological polar surface area (TPSA) is 0 Å². The molecule has 1 heterocycles. The maximum atomic E-state index is 2.78. The minimum atomic E-state index is -3.10. The summed E-state index contributed by atoms with van der Waals surface area (Å²) in [6.45, 7) is 4.42. The molecular formula is C45H50Cl2Hf. The Balaban J connectivity index is 0.00000182. The van der Waals surface area contributed by atoms with Crippen molar-refractivity contribution in [2.75, 3.05) is 0 Å². The molecule has 3 heteroatoms. The van der Waals surface area contributed by atoms with E-state index in [1.54, 1.807) is 30.6 Å². The van der Waals surface area contributed by atoms with Crippen LogP contribution < -0.4 is 0 Å². The standard InChI is InChI=1S/2C21H21.C3H6.2ClH.Hf/c2*1-15-9-11-17(12-10-15)20-8-4-7-18-13-19(14-21(18)20)16-5-2-3-6-16;1-3-2;;;/h2*4,7-14,16H,2-3,5-6H2,1H3;1-3H2;2*1H;. The van der Waals surface area contributed by atoms with Crippen molar-refractivity contribution in [3.05, 3.63) is 129 Å². The van der Waals surface area contributed by atoms with Crippen LogP contribution in [0.5, 0.6) is 0 Å². The molecule has 0 aromatic heterocycles. The summed E-state index contributed by atoms with van der Waals surface area (Å²) in [5, 5.41) is 0. The molecule has 48 heavy (non-hydrogen) atoms. The predicted octanol–water partition coefficient (Wildman–Crippen LogP) is 13.8. The molecule has 2 atom stereocenters. The second-order valence-corrected chi connectivity index (χ2v) is 32.2. The fraction of sp³-hybridized carbons (Fsp3) is 0.378. The second-order valence-electron chi connectivity index (χ2n) is 15.6. The zero-order valence-electron chi connectivity index (χ0n) is 28.6. The van der Waals surface area contributed by atoms with E-state index in [4.69, 9.17) is 0 Å². The van der Waals surface area contributed by atoms with Gasteiger partial charge in [-0.3, -0.25) is 0 Å². The van der Waals surface area contributed by atoms with Gasteiger partial charge < -0.3 is 0 Å². The van der Waals surface area contributed by atoms with E-state index in [0.29, 0.717) is 0 Å². The van der Waals surface area contributed by atoms with Crippen LogP contribution in [0, 0.1) is 25.7 Å². The summed E-state index contributed by atoms with van der Waals surface area (Å²) in [6.07, 6.45) is 18.3. The number of allylic oxidation sites excluding steroid dienone is 2. The van der Waals surface area contributed by atoms with Gasteiger partial charge >= 0.3 is 283 Å². The molecule has 0 nitrogen and oxygen atoms in total. The summed E-state index contributed by atoms with van der Waals surface area (Å²) >= 11 is -3.10. The molecule has 4 aromatic carbocycles. The van der Waals surface area contributed by atoms with Gasteiger partial charge in [-0.1, -0.05) is 0 Å². The van der Waals surface area contributed by atoms with Gasteiger partial charge in [0.15, 0.2) is 0 Å². The molecule has 3 fully saturated rings. The third-order valence-electron chi connectivity index (χ3n) is 13.0. The van der Waals surface area contributed by atoms with Crippen molar-refractivity contribution in [3.8, 4) is 22.3 Å². The third kappa shape index (κ3) is 5.59. The summed E-state index contributed by atoms with van der Waals surface area (Å²) in [7, 11) is 0. The molecule has 1 saturated heterocycles. The first-order chi connectivity index (χ1) is 22.6. The van der Waals surface area contributed by atoms with Crippen molar-refractivity contribution >= 4 is 37.0 Å². The fourth-order valence-corrected chi connectivity index (χ4v) is 33.5. The van der Waals surface area contributed by atoms with Gasteiger partial charge in [-0.15, -0.1) is 24.8 Å². The zero-order valence-corrected chi connectivity index (χ0v) is 33.9. The summed E-state index contributed by atoms with van der Waals surface area (Å²) in [6, 6.07) is 33.5. The Hall–Kier alpha value is -2.19. The molecule has 1 aliphatic heterocycles. The number of aryl methyl sites for hydroxylation is 2. The van der Waals surface area contributed by atoms with E-state index in [-0.39, 0.29) is 24.8 Å². The van der Waals surface area contributed by atoms with E-state index in [1.807, 2.05) is 11.1 Å². The average Bonchev–Trinajstić information content (AvgIpc) is 3.88. The molecule has 248 valence electrons. The van der Waals surface area contributed by atoms with Gasteiger partial charge in [0.05, 0.1) is 0 Å². The molecule has 2 unspecified atom stereocenters. The van der Waals surface area contributed by atoms with E-state index in [0.717, 1.165) is 19.2 Å². The van der Waals surface area contributed by atoms with Gasteiger partial charge in [-0.05, 0) is 0 Å². The summed E-state index contributed by atoms with van der Waals surface area (Å²) in [5.41, 5.74) is 18.8. The Morgan fingerprint density at radius 3 is 1.23 bits per heavy atom. The van der Waals surface area contributed by atoms with Gasteiger partial charge in [0.1, 0.15) is 0 Å². The molecule has 0 bridgehead atoms. The van der Waals surface area contributed by atoms with Crippen LogP contribution in [0.3, 0.4) is 0 Å². The monoisotopic (exact) mass is 840 g/mol. The van der Waals surface area contributed by atoms with Gasteiger partial charge in [0, 0.05) is 0 Å². The van der Waals surface area contributed by atoms with Crippen molar-refractivity contribution in [1.82, 2.24) is 0 Å². The molecule has 0 spiro atoms. The van der Waals surface area contributed by atoms with Crippen LogP contribution >= 0.6 is 24.8 Å². The average molecular weight is 840 g/mol. The molecule has 0 radical (unpaired) electrons. The Kier molecular flexibility index (Phi) is 9.89. The third-order valence-corrected chi connectivity index (χ3v) is 35.1. The van der Waals surface area contributed by atoms with Gasteiger partial charge in [0.2, 0.25) is 0 Å². The Morgan fingerprint density at radius 2 is 0.875 bits per heavy atom. The van der Waals surface area contributed by atoms with Gasteiger partial charge in [-0.25, -0.2) is 0 Å². The minimum Gasteiger partial charge on any atom is -0.147 e. The SMILES string of the molecule is Cc1ccc(-c2cccc3c2C=C(C2CCCC2)[CH]3[Hf]2([CH]3C(C4CCCC4)=Cc4c(-c5ccc(C)cc5)cccc43)[CH2]C[CH2]2)cc1.Cl.Cl. The van der Waals surface area contributed by atoms with Crippen LogP contribution in [0.15, 0.2) is 96.1 Å². The minimum absolute atomic E-state index is 0. The van der Waals surface area contributed by atoms with Crippen LogP contribution in [-0.2, 0) is 20.0 Å². The number of rotatable bonds is 6. The maximum absolute atomic E-state index is 3.10. The van der Waals surface area contributed by atoms with Crippen molar-refractivity contribution < 1.29 is 20.0 Å². The smallest absolute Gasteiger partial charge is 0.147 e. The molecule has 0 N–H and O–H groups in total. The molecule has 9 rings (SSSR count). The fourth-order valence-electron chi connectivity index (χ4n) is 10.7. The number of hydrogen-bond acceptors (Lipinski definition) is 0. The van der Waals surface area contributed by atoms with E-state index in [2.05, 4.69) is 111 Å². The molecule has 5 aliphatic rings. The maximum Gasteiger partial charge on any atom is -0.147 e. The van der Waals surface area contributed by atoms with Crippen LogP contribution in [0.4, 0.5) is 0 Å². The summed E-state index contributed by atoms with van der Waals surface area (Å²) in [4.78, 5) is 0. The van der Waals surface area contributed by atoms with Crippen molar-refractivity contribution in [1.29, 1.82) is 0 Å². The van der Waals surface area contributed by atoms with Crippen molar-refractivity contribution in [2.45, 2.75) is 87.3 Å². The van der Waals surface area contributed by atoms with E-state index >= 15 is 0 Å². The Morgan fingerprint density at radius 1 is 0.479 bits per heavy atom. The molecule has 4 aliphatic carbocycles. The van der Waals surface area contributed by atoms with Crippen LogP contribution in [-0.4, -0.2) is 0 Å². The normalized spacial score (nSPS) is 22.6. The zero-order chi connectivity index (χ0) is 30.8. The predicted molar refractivity (Wildman–Crippen MR) is 207 cm³/mol. The van der Waals surface area contributed by atoms with Crippen molar-refractivity contribution in [3.63, 3.8) is 0 Å². The van der Waals surface area contributed by atoms with E-state index < -0.39 is 20.0 Å². The number of halogens is 2.